The number of amides is 1. The van der Waals surface area contributed by atoms with E-state index in [9.17, 15) is 13.6 Å². The van der Waals surface area contributed by atoms with Gasteiger partial charge in [-0.15, -0.1) is 11.3 Å². The number of halogens is 2. The molecular formula is C19H16F2N2O2S. The highest BCUT2D eigenvalue weighted by atomic mass is 32.1. The van der Waals surface area contributed by atoms with Gasteiger partial charge in [0, 0.05) is 23.4 Å². The summed E-state index contributed by atoms with van der Waals surface area (Å²) in [5.74, 6) is -0.746. The second kappa shape index (κ2) is 8.05. The average Bonchev–Trinajstić information content (AvgIpc) is 3.08. The highest BCUT2D eigenvalue weighted by Gasteiger charge is 2.12. The Hall–Kier alpha value is -2.80. The van der Waals surface area contributed by atoms with Gasteiger partial charge in [0.15, 0.2) is 5.13 Å². The standard InChI is InChI=1S/C19H16F2N2O2S/c1-25-14-6-2-12(3-7-14)4-9-18(24)23-19-22-17(11-26-19)15-8-5-13(20)10-16(15)21/h2-3,5-8,10-11H,4,9H2,1H3,(H,22,23,24). The number of anilines is 1. The third-order valence-corrected chi connectivity index (χ3v) is 4.52. The number of hydrogen-bond acceptors (Lipinski definition) is 4. The van der Waals surface area contributed by atoms with Crippen LogP contribution in [0.1, 0.15) is 12.0 Å². The summed E-state index contributed by atoms with van der Waals surface area (Å²) in [6, 6.07) is 10.8. The fourth-order valence-corrected chi connectivity index (χ4v) is 3.11. The minimum absolute atomic E-state index is 0.179. The first kappa shape index (κ1) is 18.0. The Labute approximate surface area is 153 Å². The SMILES string of the molecule is COc1ccc(CCC(=O)Nc2nc(-c3ccc(F)cc3F)cs2)cc1. The number of ether oxygens (including phenoxy) is 1. The molecule has 134 valence electrons. The largest absolute Gasteiger partial charge is 0.497 e. The molecule has 3 rings (SSSR count). The Morgan fingerprint density at radius 2 is 1.96 bits per heavy atom. The van der Waals surface area contributed by atoms with Crippen LogP contribution in [0, 0.1) is 11.6 Å². The van der Waals surface area contributed by atoms with E-state index in [0.717, 1.165) is 17.4 Å². The Bertz CT molecular complexity index is 910. The Morgan fingerprint density at radius 1 is 1.19 bits per heavy atom. The van der Waals surface area contributed by atoms with E-state index in [1.807, 2.05) is 24.3 Å². The second-order valence-corrected chi connectivity index (χ2v) is 6.42. The van der Waals surface area contributed by atoms with Gasteiger partial charge in [0.05, 0.1) is 12.8 Å². The maximum atomic E-state index is 13.8. The third-order valence-electron chi connectivity index (χ3n) is 3.76. The first-order valence-corrected chi connectivity index (χ1v) is 8.77. The lowest BCUT2D eigenvalue weighted by Crippen LogP contribution is -2.12. The Balaban J connectivity index is 1.58. The van der Waals surface area contributed by atoms with Crippen LogP contribution in [-0.4, -0.2) is 18.0 Å². The molecule has 0 fully saturated rings. The van der Waals surface area contributed by atoms with Gasteiger partial charge in [-0.3, -0.25) is 4.79 Å². The summed E-state index contributed by atoms with van der Waals surface area (Å²) in [4.78, 5) is 16.3. The molecule has 1 amide bonds. The van der Waals surface area contributed by atoms with Crippen LogP contribution in [0.4, 0.5) is 13.9 Å². The number of carbonyl (C=O) groups excluding carboxylic acids is 1. The van der Waals surface area contributed by atoms with Crippen LogP contribution in [0.25, 0.3) is 11.3 Å². The van der Waals surface area contributed by atoms with Gasteiger partial charge in [0.1, 0.15) is 17.4 Å². The molecule has 0 aliphatic carbocycles. The summed E-state index contributed by atoms with van der Waals surface area (Å²) in [5, 5.41) is 4.70. The molecule has 2 aromatic carbocycles. The van der Waals surface area contributed by atoms with E-state index in [0.29, 0.717) is 23.7 Å². The number of aryl methyl sites for hydroxylation is 1. The van der Waals surface area contributed by atoms with Crippen molar-refractivity contribution in [1.29, 1.82) is 0 Å². The predicted octanol–water partition coefficient (Wildman–Crippen LogP) is 4.67. The summed E-state index contributed by atoms with van der Waals surface area (Å²) in [6.45, 7) is 0. The molecule has 0 unspecified atom stereocenters. The number of hydrogen-bond donors (Lipinski definition) is 1. The number of carbonyl (C=O) groups is 1. The van der Waals surface area contributed by atoms with Gasteiger partial charge in [-0.1, -0.05) is 12.1 Å². The lowest BCUT2D eigenvalue weighted by atomic mass is 10.1. The van der Waals surface area contributed by atoms with Gasteiger partial charge >= 0.3 is 0 Å². The number of aromatic nitrogens is 1. The average molecular weight is 374 g/mol. The molecule has 0 saturated carbocycles. The van der Waals surface area contributed by atoms with Crippen LogP contribution in [-0.2, 0) is 11.2 Å². The van der Waals surface area contributed by atoms with E-state index in [1.165, 1.54) is 23.5 Å². The third kappa shape index (κ3) is 4.43. The Kier molecular flexibility index (Phi) is 5.58. The summed E-state index contributed by atoms with van der Waals surface area (Å²) >= 11 is 1.19. The zero-order valence-corrected chi connectivity index (χ0v) is 14.8. The van der Waals surface area contributed by atoms with Crippen molar-refractivity contribution in [3.8, 4) is 17.0 Å². The quantitative estimate of drug-likeness (QED) is 0.682. The Morgan fingerprint density at radius 3 is 2.65 bits per heavy atom. The van der Waals surface area contributed by atoms with Gasteiger partial charge in [0.2, 0.25) is 5.91 Å². The zero-order valence-electron chi connectivity index (χ0n) is 14.0. The van der Waals surface area contributed by atoms with E-state index in [4.69, 9.17) is 4.74 Å². The van der Waals surface area contributed by atoms with Crippen LogP contribution in [0.15, 0.2) is 47.8 Å². The molecule has 1 heterocycles. The van der Waals surface area contributed by atoms with E-state index in [2.05, 4.69) is 10.3 Å². The molecule has 0 saturated heterocycles. The minimum Gasteiger partial charge on any atom is -0.497 e. The van der Waals surface area contributed by atoms with Crippen molar-refractivity contribution in [1.82, 2.24) is 4.98 Å². The molecule has 26 heavy (non-hydrogen) atoms. The molecule has 0 atom stereocenters. The molecule has 4 nitrogen and oxygen atoms in total. The normalized spacial score (nSPS) is 10.6. The number of thiazole rings is 1. The van der Waals surface area contributed by atoms with E-state index in [-0.39, 0.29) is 11.5 Å². The first-order valence-electron chi connectivity index (χ1n) is 7.89. The molecule has 1 N–H and O–H groups in total. The van der Waals surface area contributed by atoms with Gasteiger partial charge in [0.25, 0.3) is 0 Å². The van der Waals surface area contributed by atoms with Crippen LogP contribution < -0.4 is 10.1 Å². The summed E-state index contributed by atoms with van der Waals surface area (Å²) in [7, 11) is 1.60. The molecule has 0 bridgehead atoms. The smallest absolute Gasteiger partial charge is 0.226 e. The molecular weight excluding hydrogens is 358 g/mol. The van der Waals surface area contributed by atoms with Crippen molar-refractivity contribution < 1.29 is 18.3 Å². The fraction of sp³-hybridized carbons (Fsp3) is 0.158. The fourth-order valence-electron chi connectivity index (χ4n) is 2.38. The zero-order chi connectivity index (χ0) is 18.5. The maximum Gasteiger partial charge on any atom is 0.226 e. The highest BCUT2D eigenvalue weighted by molar-refractivity contribution is 7.14. The summed E-state index contributed by atoms with van der Waals surface area (Å²) in [6.07, 6.45) is 0.882. The monoisotopic (exact) mass is 374 g/mol. The van der Waals surface area contributed by atoms with E-state index < -0.39 is 11.6 Å². The predicted molar refractivity (Wildman–Crippen MR) is 97.4 cm³/mol. The molecule has 0 radical (unpaired) electrons. The van der Waals surface area contributed by atoms with Gasteiger partial charge in [-0.2, -0.15) is 0 Å². The topological polar surface area (TPSA) is 51.2 Å². The number of nitrogens with zero attached hydrogens (tertiary/aromatic N) is 1. The van der Waals surface area contributed by atoms with Gasteiger partial charge in [-0.05, 0) is 36.2 Å². The van der Waals surface area contributed by atoms with Gasteiger partial charge < -0.3 is 10.1 Å². The highest BCUT2D eigenvalue weighted by Crippen LogP contribution is 2.27. The molecule has 3 aromatic rings. The summed E-state index contributed by atoms with van der Waals surface area (Å²) < 4.78 is 31.9. The number of methoxy groups -OCH3 is 1. The number of rotatable bonds is 6. The molecule has 1 aromatic heterocycles. The second-order valence-electron chi connectivity index (χ2n) is 5.56. The molecule has 7 heteroatoms. The van der Waals surface area contributed by atoms with Gasteiger partial charge in [-0.25, -0.2) is 13.8 Å². The van der Waals surface area contributed by atoms with Crippen molar-refractivity contribution >= 4 is 22.4 Å². The first-order chi connectivity index (χ1) is 12.5. The lowest BCUT2D eigenvalue weighted by molar-refractivity contribution is -0.116. The van der Waals surface area contributed by atoms with E-state index in [1.54, 1.807) is 12.5 Å². The lowest BCUT2D eigenvalue weighted by Gasteiger charge is -2.04. The van der Waals surface area contributed by atoms with Crippen molar-refractivity contribution in [3.63, 3.8) is 0 Å². The van der Waals surface area contributed by atoms with Crippen LogP contribution >= 0.6 is 11.3 Å². The van der Waals surface area contributed by atoms with Crippen LogP contribution in [0.3, 0.4) is 0 Å². The van der Waals surface area contributed by atoms with E-state index >= 15 is 0 Å². The molecule has 0 aliphatic heterocycles. The molecule has 0 aliphatic rings. The van der Waals surface area contributed by atoms with Crippen molar-refractivity contribution in [2.24, 2.45) is 0 Å². The molecule has 0 spiro atoms. The minimum atomic E-state index is -0.687. The van der Waals surface area contributed by atoms with Crippen LogP contribution in [0.2, 0.25) is 0 Å². The number of nitrogens with one attached hydrogen (secondary N) is 1. The van der Waals surface area contributed by atoms with Crippen molar-refractivity contribution in [3.05, 3.63) is 65.0 Å². The maximum absolute atomic E-state index is 13.8. The summed E-state index contributed by atoms with van der Waals surface area (Å²) in [5.41, 5.74) is 1.58. The van der Waals surface area contributed by atoms with Crippen molar-refractivity contribution in [2.45, 2.75) is 12.8 Å². The van der Waals surface area contributed by atoms with Crippen LogP contribution in [0.5, 0.6) is 5.75 Å². The number of benzene rings is 2. The van der Waals surface area contributed by atoms with Crippen molar-refractivity contribution in [2.75, 3.05) is 12.4 Å².